The van der Waals surface area contributed by atoms with Gasteiger partial charge in [0.25, 0.3) is 0 Å². The highest BCUT2D eigenvalue weighted by atomic mass is 32.2. The maximum Gasteiger partial charge on any atom is 0.241 e. The van der Waals surface area contributed by atoms with Gasteiger partial charge in [-0.3, -0.25) is 9.10 Å². The van der Waals surface area contributed by atoms with Crippen LogP contribution in [0.4, 0.5) is 10.1 Å². The first-order chi connectivity index (χ1) is 9.55. The molecule has 0 fully saturated rings. The van der Waals surface area contributed by atoms with Gasteiger partial charge in [0, 0.05) is 5.54 Å². The molecule has 0 heterocycles. The van der Waals surface area contributed by atoms with Crippen LogP contribution < -0.4 is 9.62 Å². The number of benzene rings is 1. The van der Waals surface area contributed by atoms with Crippen molar-refractivity contribution >= 4 is 21.6 Å². The molecular formula is C14H21FN2O3S. The normalized spacial score (nSPS) is 12.0. The Morgan fingerprint density at radius 1 is 1.38 bits per heavy atom. The molecule has 0 atom stereocenters. The highest BCUT2D eigenvalue weighted by Gasteiger charge is 2.24. The molecule has 5 nitrogen and oxygen atoms in total. The topological polar surface area (TPSA) is 66.5 Å². The lowest BCUT2D eigenvalue weighted by atomic mass is 10.0. The van der Waals surface area contributed by atoms with Crippen molar-refractivity contribution in [2.75, 3.05) is 17.1 Å². The molecule has 0 spiro atoms. The number of halogens is 1. The van der Waals surface area contributed by atoms with Crippen molar-refractivity contribution in [3.8, 4) is 0 Å². The van der Waals surface area contributed by atoms with E-state index in [-0.39, 0.29) is 12.2 Å². The molecule has 1 rings (SSSR count). The van der Waals surface area contributed by atoms with Crippen molar-refractivity contribution in [2.45, 2.75) is 32.7 Å². The third kappa shape index (κ3) is 5.34. The van der Waals surface area contributed by atoms with E-state index in [1.807, 2.05) is 20.8 Å². The number of carbonyl (C=O) groups is 1. The van der Waals surface area contributed by atoms with Crippen molar-refractivity contribution in [3.05, 3.63) is 30.1 Å². The smallest absolute Gasteiger partial charge is 0.241 e. The summed E-state index contributed by atoms with van der Waals surface area (Å²) in [7, 11) is -3.69. The van der Waals surface area contributed by atoms with E-state index < -0.39 is 27.3 Å². The van der Waals surface area contributed by atoms with Crippen LogP contribution in [-0.2, 0) is 14.8 Å². The Labute approximate surface area is 125 Å². The molecule has 1 N–H and O–H groups in total. The number of amides is 1. The van der Waals surface area contributed by atoms with E-state index in [9.17, 15) is 17.6 Å². The summed E-state index contributed by atoms with van der Waals surface area (Å²) in [6.07, 6.45) is 1.69. The zero-order chi connectivity index (χ0) is 16.3. The summed E-state index contributed by atoms with van der Waals surface area (Å²) in [6, 6.07) is 5.14. The third-order valence-electron chi connectivity index (χ3n) is 3.15. The standard InChI is InChI=1S/C14H21FN2O3S/c1-5-14(2,3)16-13(18)10-17(21(4,19)20)12-8-6-7-11(15)9-12/h6-9H,5,10H2,1-4H3,(H,16,18). The van der Waals surface area contributed by atoms with Crippen molar-refractivity contribution < 1.29 is 17.6 Å². The average molecular weight is 316 g/mol. The molecule has 118 valence electrons. The van der Waals surface area contributed by atoms with E-state index >= 15 is 0 Å². The summed E-state index contributed by atoms with van der Waals surface area (Å²) >= 11 is 0. The second kappa shape index (κ2) is 6.43. The van der Waals surface area contributed by atoms with Gasteiger partial charge < -0.3 is 5.32 Å². The van der Waals surface area contributed by atoms with Gasteiger partial charge in [0.05, 0.1) is 11.9 Å². The number of anilines is 1. The summed E-state index contributed by atoms with van der Waals surface area (Å²) < 4.78 is 37.8. The lowest BCUT2D eigenvalue weighted by molar-refractivity contribution is -0.121. The van der Waals surface area contributed by atoms with Crippen LogP contribution in [0, 0.1) is 5.82 Å². The number of nitrogens with one attached hydrogen (secondary N) is 1. The van der Waals surface area contributed by atoms with Gasteiger partial charge in [-0.05, 0) is 38.5 Å². The van der Waals surface area contributed by atoms with Crippen LogP contribution in [0.2, 0.25) is 0 Å². The third-order valence-corrected chi connectivity index (χ3v) is 4.29. The van der Waals surface area contributed by atoms with Gasteiger partial charge in [0.2, 0.25) is 15.9 Å². The van der Waals surface area contributed by atoms with Crippen LogP contribution in [-0.4, -0.2) is 32.7 Å². The second-order valence-corrected chi connectivity index (χ2v) is 7.44. The average Bonchev–Trinajstić information content (AvgIpc) is 2.34. The van der Waals surface area contributed by atoms with Gasteiger partial charge in [-0.15, -0.1) is 0 Å². The largest absolute Gasteiger partial charge is 0.350 e. The fourth-order valence-corrected chi connectivity index (χ4v) is 2.52. The van der Waals surface area contributed by atoms with Gasteiger partial charge in [-0.2, -0.15) is 0 Å². The van der Waals surface area contributed by atoms with Crippen LogP contribution in [0.1, 0.15) is 27.2 Å². The summed E-state index contributed by atoms with van der Waals surface area (Å²) in [4.78, 5) is 12.0. The number of nitrogens with zero attached hydrogens (tertiary/aromatic N) is 1. The minimum atomic E-state index is -3.69. The molecule has 0 bridgehead atoms. The Morgan fingerprint density at radius 2 is 2.00 bits per heavy atom. The minimum Gasteiger partial charge on any atom is -0.350 e. The summed E-state index contributed by atoms with van der Waals surface area (Å²) in [6.45, 7) is 5.22. The zero-order valence-electron chi connectivity index (χ0n) is 12.7. The molecule has 0 radical (unpaired) electrons. The lowest BCUT2D eigenvalue weighted by Gasteiger charge is -2.27. The van der Waals surface area contributed by atoms with Gasteiger partial charge in [-0.1, -0.05) is 13.0 Å². The van der Waals surface area contributed by atoms with Crippen LogP contribution in [0.5, 0.6) is 0 Å². The number of hydrogen-bond acceptors (Lipinski definition) is 3. The molecule has 0 saturated carbocycles. The first-order valence-electron chi connectivity index (χ1n) is 6.59. The molecule has 7 heteroatoms. The molecule has 1 aromatic rings. The first kappa shape index (κ1) is 17.4. The molecule has 0 unspecified atom stereocenters. The Balaban J connectivity index is 2.99. The van der Waals surface area contributed by atoms with Crippen molar-refractivity contribution in [3.63, 3.8) is 0 Å². The number of sulfonamides is 1. The minimum absolute atomic E-state index is 0.127. The molecule has 0 aliphatic carbocycles. The predicted octanol–water partition coefficient (Wildman–Crippen LogP) is 1.90. The van der Waals surface area contributed by atoms with E-state index in [1.165, 1.54) is 18.2 Å². The lowest BCUT2D eigenvalue weighted by Crippen LogP contribution is -2.48. The number of hydrogen-bond donors (Lipinski definition) is 1. The molecule has 0 aliphatic rings. The van der Waals surface area contributed by atoms with E-state index in [0.717, 1.165) is 16.6 Å². The molecule has 21 heavy (non-hydrogen) atoms. The molecule has 0 aliphatic heterocycles. The SMILES string of the molecule is CCC(C)(C)NC(=O)CN(c1cccc(F)c1)S(C)(=O)=O. The maximum atomic E-state index is 13.3. The van der Waals surface area contributed by atoms with Crippen molar-refractivity contribution in [2.24, 2.45) is 0 Å². The highest BCUT2D eigenvalue weighted by Crippen LogP contribution is 2.18. The van der Waals surface area contributed by atoms with Crippen molar-refractivity contribution in [1.82, 2.24) is 5.32 Å². The fourth-order valence-electron chi connectivity index (χ4n) is 1.67. The molecule has 1 amide bonds. The van der Waals surface area contributed by atoms with Crippen LogP contribution in [0.25, 0.3) is 0 Å². The van der Waals surface area contributed by atoms with E-state index in [0.29, 0.717) is 6.42 Å². The first-order valence-corrected chi connectivity index (χ1v) is 8.44. The van der Waals surface area contributed by atoms with E-state index in [1.54, 1.807) is 0 Å². The Morgan fingerprint density at radius 3 is 2.48 bits per heavy atom. The molecular weight excluding hydrogens is 295 g/mol. The number of rotatable bonds is 6. The molecule has 1 aromatic carbocycles. The highest BCUT2D eigenvalue weighted by molar-refractivity contribution is 7.92. The fraction of sp³-hybridized carbons (Fsp3) is 0.500. The Bertz CT molecular complexity index is 614. The zero-order valence-corrected chi connectivity index (χ0v) is 13.5. The second-order valence-electron chi connectivity index (χ2n) is 5.54. The molecule has 0 saturated heterocycles. The summed E-state index contributed by atoms with van der Waals surface area (Å²) in [5.41, 5.74) is -0.302. The van der Waals surface area contributed by atoms with Crippen LogP contribution in [0.3, 0.4) is 0 Å². The maximum absolute atomic E-state index is 13.3. The summed E-state index contributed by atoms with van der Waals surface area (Å²) in [5, 5.41) is 2.75. The van der Waals surface area contributed by atoms with Crippen LogP contribution >= 0.6 is 0 Å². The van der Waals surface area contributed by atoms with E-state index in [4.69, 9.17) is 0 Å². The van der Waals surface area contributed by atoms with Gasteiger partial charge in [0.15, 0.2) is 0 Å². The Kier molecular flexibility index (Phi) is 5.33. The molecule has 0 aromatic heterocycles. The van der Waals surface area contributed by atoms with Crippen LogP contribution in [0.15, 0.2) is 24.3 Å². The predicted molar refractivity (Wildman–Crippen MR) is 81.1 cm³/mol. The van der Waals surface area contributed by atoms with E-state index in [2.05, 4.69) is 5.32 Å². The Hall–Kier alpha value is -1.63. The summed E-state index contributed by atoms with van der Waals surface area (Å²) in [5.74, 6) is -0.994. The van der Waals surface area contributed by atoms with Gasteiger partial charge in [0.1, 0.15) is 12.4 Å². The van der Waals surface area contributed by atoms with Crippen molar-refractivity contribution in [1.29, 1.82) is 0 Å². The quantitative estimate of drug-likeness (QED) is 0.871. The van der Waals surface area contributed by atoms with Gasteiger partial charge >= 0.3 is 0 Å². The number of carbonyl (C=O) groups excluding carboxylic acids is 1. The van der Waals surface area contributed by atoms with Gasteiger partial charge in [-0.25, -0.2) is 12.8 Å². The monoisotopic (exact) mass is 316 g/mol.